The van der Waals surface area contributed by atoms with E-state index >= 15 is 0 Å². The minimum atomic E-state index is -0.428. The number of hydrogen-bond donors (Lipinski definition) is 2. The summed E-state index contributed by atoms with van der Waals surface area (Å²) < 4.78 is 15.0. The summed E-state index contributed by atoms with van der Waals surface area (Å²) in [6, 6.07) is 9.73. The van der Waals surface area contributed by atoms with E-state index in [-0.39, 0.29) is 11.7 Å². The molecule has 0 aliphatic carbocycles. The molecule has 3 nitrogen and oxygen atoms in total. The van der Waals surface area contributed by atoms with Crippen molar-refractivity contribution in [1.82, 2.24) is 5.32 Å². The second-order valence-corrected chi connectivity index (χ2v) is 6.54. The molecule has 0 spiro atoms. The molecule has 2 aromatic carbocycles. The Balaban J connectivity index is 1.80. The smallest absolute Gasteiger partial charge is 0.246 e. The summed E-state index contributed by atoms with van der Waals surface area (Å²) in [7, 11) is 0. The highest BCUT2D eigenvalue weighted by atomic mass is 79.9. The van der Waals surface area contributed by atoms with Gasteiger partial charge in [-0.2, -0.15) is 0 Å². The molecule has 0 bridgehead atoms. The SMILES string of the molecule is O=C1Nc2cc(Br)ccc2C1NCc1cc(F)ccc1Br. The Morgan fingerprint density at radius 2 is 2.00 bits per heavy atom. The molecule has 1 unspecified atom stereocenters. The molecule has 2 aromatic rings. The summed E-state index contributed by atoms with van der Waals surface area (Å²) in [6.07, 6.45) is 0. The Bertz CT molecular complexity index is 721. The Hall–Kier alpha value is -1.24. The van der Waals surface area contributed by atoms with Crippen molar-refractivity contribution in [3.8, 4) is 0 Å². The highest BCUT2D eigenvalue weighted by molar-refractivity contribution is 9.10. The highest BCUT2D eigenvalue weighted by Gasteiger charge is 2.30. The van der Waals surface area contributed by atoms with E-state index in [4.69, 9.17) is 0 Å². The summed E-state index contributed by atoms with van der Waals surface area (Å²) in [5, 5.41) is 6.00. The summed E-state index contributed by atoms with van der Waals surface area (Å²) >= 11 is 6.76. The first-order valence-corrected chi connectivity index (χ1v) is 7.91. The lowest BCUT2D eigenvalue weighted by Crippen LogP contribution is -2.27. The van der Waals surface area contributed by atoms with Crippen molar-refractivity contribution in [2.75, 3.05) is 5.32 Å². The number of carbonyl (C=O) groups excluding carboxylic acids is 1. The van der Waals surface area contributed by atoms with Crippen LogP contribution in [0.4, 0.5) is 10.1 Å². The molecular weight excluding hydrogens is 403 g/mol. The molecule has 6 heteroatoms. The fourth-order valence-corrected chi connectivity index (χ4v) is 3.08. The maximum Gasteiger partial charge on any atom is 0.246 e. The second-order valence-electron chi connectivity index (χ2n) is 4.77. The zero-order chi connectivity index (χ0) is 15.0. The van der Waals surface area contributed by atoms with Crippen LogP contribution in [-0.4, -0.2) is 5.91 Å². The summed E-state index contributed by atoms with van der Waals surface area (Å²) in [5.74, 6) is -0.397. The normalized spacial score (nSPS) is 16.7. The second kappa shape index (κ2) is 5.87. The van der Waals surface area contributed by atoms with Gasteiger partial charge in [-0.25, -0.2) is 4.39 Å². The van der Waals surface area contributed by atoms with Gasteiger partial charge in [0, 0.05) is 26.7 Å². The fraction of sp³-hybridized carbons (Fsp3) is 0.133. The lowest BCUT2D eigenvalue weighted by molar-refractivity contribution is -0.117. The van der Waals surface area contributed by atoms with Crippen LogP contribution >= 0.6 is 31.9 Å². The van der Waals surface area contributed by atoms with Crippen LogP contribution in [0.1, 0.15) is 17.2 Å². The lowest BCUT2D eigenvalue weighted by Gasteiger charge is -2.12. The van der Waals surface area contributed by atoms with Gasteiger partial charge in [0.05, 0.1) is 0 Å². The van der Waals surface area contributed by atoms with Gasteiger partial charge in [0.15, 0.2) is 0 Å². The van der Waals surface area contributed by atoms with Crippen LogP contribution in [-0.2, 0) is 11.3 Å². The van der Waals surface area contributed by atoms with E-state index in [9.17, 15) is 9.18 Å². The Morgan fingerprint density at radius 3 is 2.81 bits per heavy atom. The summed E-state index contributed by atoms with van der Waals surface area (Å²) in [5.41, 5.74) is 2.47. The molecule has 1 atom stereocenters. The molecule has 0 aromatic heterocycles. The van der Waals surface area contributed by atoms with Crippen molar-refractivity contribution in [3.05, 3.63) is 62.3 Å². The van der Waals surface area contributed by atoms with Gasteiger partial charge in [0.2, 0.25) is 5.91 Å². The fourth-order valence-electron chi connectivity index (χ4n) is 2.33. The monoisotopic (exact) mass is 412 g/mol. The van der Waals surface area contributed by atoms with Gasteiger partial charge < -0.3 is 5.32 Å². The van der Waals surface area contributed by atoms with Crippen LogP contribution in [0.5, 0.6) is 0 Å². The largest absolute Gasteiger partial charge is 0.324 e. The van der Waals surface area contributed by atoms with E-state index in [1.807, 2.05) is 18.2 Å². The van der Waals surface area contributed by atoms with Crippen LogP contribution in [0, 0.1) is 5.82 Å². The van der Waals surface area contributed by atoms with Crippen LogP contribution in [0.15, 0.2) is 45.3 Å². The average Bonchev–Trinajstić information content (AvgIpc) is 2.74. The molecule has 2 N–H and O–H groups in total. The number of fused-ring (bicyclic) bond motifs is 1. The minimum absolute atomic E-state index is 0.101. The van der Waals surface area contributed by atoms with Gasteiger partial charge in [-0.15, -0.1) is 0 Å². The highest BCUT2D eigenvalue weighted by Crippen LogP contribution is 2.33. The van der Waals surface area contributed by atoms with Crippen molar-refractivity contribution >= 4 is 43.5 Å². The first-order chi connectivity index (χ1) is 10.0. The number of nitrogens with one attached hydrogen (secondary N) is 2. The third-order valence-corrected chi connectivity index (χ3v) is 4.62. The first kappa shape index (κ1) is 14.7. The van der Waals surface area contributed by atoms with Gasteiger partial charge in [0.25, 0.3) is 0 Å². The maximum atomic E-state index is 13.3. The van der Waals surface area contributed by atoms with Crippen LogP contribution in [0.2, 0.25) is 0 Å². The topological polar surface area (TPSA) is 41.1 Å². The number of anilines is 1. The Kier molecular flexibility index (Phi) is 4.10. The number of halogens is 3. The van der Waals surface area contributed by atoms with Crippen LogP contribution in [0.3, 0.4) is 0 Å². The van der Waals surface area contributed by atoms with E-state index in [1.54, 1.807) is 6.07 Å². The molecular formula is C15H11Br2FN2O. The number of amides is 1. The van der Waals surface area contributed by atoms with Gasteiger partial charge in [-0.05, 0) is 35.9 Å². The summed E-state index contributed by atoms with van der Waals surface area (Å²) in [4.78, 5) is 12.0. The quantitative estimate of drug-likeness (QED) is 0.794. The van der Waals surface area contributed by atoms with E-state index < -0.39 is 6.04 Å². The average molecular weight is 414 g/mol. The molecule has 0 fully saturated rings. The standard InChI is InChI=1S/C15H11Br2FN2O/c16-9-1-3-11-13(6-9)20-15(21)14(11)19-7-8-5-10(18)2-4-12(8)17/h1-6,14,19H,7H2,(H,20,21). The van der Waals surface area contributed by atoms with Gasteiger partial charge >= 0.3 is 0 Å². The lowest BCUT2D eigenvalue weighted by atomic mass is 10.1. The molecule has 0 saturated carbocycles. The molecule has 1 aliphatic heterocycles. The molecule has 108 valence electrons. The zero-order valence-corrected chi connectivity index (χ0v) is 14.0. The third-order valence-electron chi connectivity index (χ3n) is 3.35. The maximum absolute atomic E-state index is 13.3. The van der Waals surface area contributed by atoms with Crippen molar-refractivity contribution in [1.29, 1.82) is 0 Å². The zero-order valence-electron chi connectivity index (χ0n) is 10.8. The first-order valence-electron chi connectivity index (χ1n) is 6.32. The van der Waals surface area contributed by atoms with Gasteiger partial charge in [-0.1, -0.05) is 37.9 Å². The van der Waals surface area contributed by atoms with Crippen molar-refractivity contribution < 1.29 is 9.18 Å². The van der Waals surface area contributed by atoms with E-state index in [1.165, 1.54) is 12.1 Å². The van der Waals surface area contributed by atoms with Crippen molar-refractivity contribution in [2.45, 2.75) is 12.6 Å². The number of rotatable bonds is 3. The Labute approximate surface area is 138 Å². The van der Waals surface area contributed by atoms with Crippen molar-refractivity contribution in [2.24, 2.45) is 0 Å². The van der Waals surface area contributed by atoms with E-state index in [0.717, 1.165) is 25.8 Å². The molecule has 1 amide bonds. The predicted octanol–water partition coefficient (Wildman–Crippen LogP) is 4.13. The number of benzene rings is 2. The molecule has 1 heterocycles. The number of carbonyl (C=O) groups is 1. The molecule has 21 heavy (non-hydrogen) atoms. The van der Waals surface area contributed by atoms with Gasteiger partial charge in [0.1, 0.15) is 11.9 Å². The third kappa shape index (κ3) is 3.02. The molecule has 1 aliphatic rings. The minimum Gasteiger partial charge on any atom is -0.324 e. The van der Waals surface area contributed by atoms with E-state index in [0.29, 0.717) is 6.54 Å². The van der Waals surface area contributed by atoms with E-state index in [2.05, 4.69) is 42.5 Å². The van der Waals surface area contributed by atoms with Crippen molar-refractivity contribution in [3.63, 3.8) is 0 Å². The molecule has 3 rings (SSSR count). The molecule has 0 saturated heterocycles. The Morgan fingerprint density at radius 1 is 1.19 bits per heavy atom. The van der Waals surface area contributed by atoms with Crippen LogP contribution < -0.4 is 10.6 Å². The summed E-state index contributed by atoms with van der Waals surface area (Å²) in [6.45, 7) is 0.395. The predicted molar refractivity (Wildman–Crippen MR) is 86.5 cm³/mol. The number of hydrogen-bond acceptors (Lipinski definition) is 2. The van der Waals surface area contributed by atoms with Crippen LogP contribution in [0.25, 0.3) is 0 Å². The van der Waals surface area contributed by atoms with Gasteiger partial charge in [-0.3, -0.25) is 10.1 Å². The molecule has 0 radical (unpaired) electrons.